The second-order valence-corrected chi connectivity index (χ2v) is 4.28. The van der Waals surface area contributed by atoms with E-state index in [9.17, 15) is 9.18 Å². The Bertz CT molecular complexity index is 581. The van der Waals surface area contributed by atoms with Gasteiger partial charge in [-0.25, -0.2) is 4.39 Å². The maximum absolute atomic E-state index is 13.0. The number of hydrogen-bond acceptors (Lipinski definition) is 1. The molecule has 0 atom stereocenters. The fourth-order valence-corrected chi connectivity index (χ4v) is 1.73. The zero-order valence-corrected chi connectivity index (χ0v) is 10.1. The molecule has 0 amide bonds. The van der Waals surface area contributed by atoms with E-state index in [0.717, 1.165) is 0 Å². The Hall–Kier alpha value is -1.38. The summed E-state index contributed by atoms with van der Waals surface area (Å²) in [4.78, 5) is 12.0. The Morgan fingerprint density at radius 3 is 2.29 bits per heavy atom. The molecule has 4 heteroatoms. The van der Waals surface area contributed by atoms with Crippen LogP contribution in [0.25, 0.3) is 0 Å². The molecule has 0 aliphatic carbocycles. The number of ketones is 1. The van der Waals surface area contributed by atoms with Crippen molar-refractivity contribution in [2.75, 3.05) is 0 Å². The van der Waals surface area contributed by atoms with Crippen molar-refractivity contribution in [2.45, 2.75) is 0 Å². The van der Waals surface area contributed by atoms with Crippen molar-refractivity contribution in [3.05, 3.63) is 69.5 Å². The van der Waals surface area contributed by atoms with Crippen molar-refractivity contribution in [2.24, 2.45) is 0 Å². The van der Waals surface area contributed by atoms with Crippen LogP contribution in [0.4, 0.5) is 4.39 Å². The number of halogens is 3. The zero-order chi connectivity index (χ0) is 12.4. The van der Waals surface area contributed by atoms with Crippen LogP contribution in [0.5, 0.6) is 0 Å². The summed E-state index contributed by atoms with van der Waals surface area (Å²) in [6.07, 6.45) is 0. The molecule has 2 aromatic carbocycles. The fourth-order valence-electron chi connectivity index (χ4n) is 1.43. The van der Waals surface area contributed by atoms with Crippen LogP contribution in [-0.4, -0.2) is 5.78 Å². The summed E-state index contributed by atoms with van der Waals surface area (Å²) in [6, 6.07) is 10.1. The molecule has 0 heterocycles. The smallest absolute Gasteiger partial charge is 0.193 e. The van der Waals surface area contributed by atoms with Crippen LogP contribution in [0.2, 0.25) is 10.0 Å². The van der Waals surface area contributed by atoms with E-state index in [-0.39, 0.29) is 11.3 Å². The van der Waals surface area contributed by atoms with Crippen LogP contribution in [0, 0.1) is 5.82 Å². The summed E-state index contributed by atoms with van der Waals surface area (Å²) in [6.45, 7) is 0. The molecule has 0 aliphatic rings. The maximum atomic E-state index is 13.0. The van der Waals surface area contributed by atoms with Gasteiger partial charge in [-0.15, -0.1) is 0 Å². The van der Waals surface area contributed by atoms with E-state index in [0.29, 0.717) is 15.6 Å². The maximum Gasteiger partial charge on any atom is 0.193 e. The summed E-state index contributed by atoms with van der Waals surface area (Å²) in [5.74, 6) is -0.737. The van der Waals surface area contributed by atoms with Gasteiger partial charge in [0.05, 0.1) is 10.0 Å². The number of carbonyl (C=O) groups excluding carboxylic acids is 1. The van der Waals surface area contributed by atoms with Gasteiger partial charge in [0, 0.05) is 11.1 Å². The molecule has 0 aliphatic heterocycles. The van der Waals surface area contributed by atoms with E-state index in [1.807, 2.05) is 0 Å². The van der Waals surface area contributed by atoms with Gasteiger partial charge in [0.25, 0.3) is 0 Å². The average Bonchev–Trinajstić information content (AvgIpc) is 2.32. The second kappa shape index (κ2) is 4.86. The van der Waals surface area contributed by atoms with Crippen LogP contribution < -0.4 is 0 Å². The topological polar surface area (TPSA) is 17.1 Å². The van der Waals surface area contributed by atoms with Crippen molar-refractivity contribution in [3.63, 3.8) is 0 Å². The van der Waals surface area contributed by atoms with Crippen molar-refractivity contribution in [1.29, 1.82) is 0 Å². The monoisotopic (exact) mass is 268 g/mol. The molecule has 0 saturated carbocycles. The fraction of sp³-hybridized carbons (Fsp3) is 0. The van der Waals surface area contributed by atoms with Crippen LogP contribution in [0.1, 0.15) is 15.9 Å². The largest absolute Gasteiger partial charge is 0.289 e. The van der Waals surface area contributed by atoms with Crippen LogP contribution >= 0.6 is 23.2 Å². The molecule has 0 saturated heterocycles. The lowest BCUT2D eigenvalue weighted by Crippen LogP contribution is -2.01. The summed E-state index contributed by atoms with van der Waals surface area (Å²) in [5, 5.41) is 0.677. The van der Waals surface area contributed by atoms with Gasteiger partial charge in [-0.2, -0.15) is 0 Å². The van der Waals surface area contributed by atoms with Crippen molar-refractivity contribution >= 4 is 29.0 Å². The minimum atomic E-state index is -0.448. The highest BCUT2D eigenvalue weighted by Crippen LogP contribution is 2.24. The molecular formula is C13H7Cl2FO. The molecule has 17 heavy (non-hydrogen) atoms. The minimum absolute atomic E-state index is 0.281. The molecule has 0 spiro atoms. The van der Waals surface area contributed by atoms with Crippen LogP contribution in [-0.2, 0) is 0 Å². The highest BCUT2D eigenvalue weighted by molar-refractivity contribution is 6.42. The third-order valence-electron chi connectivity index (χ3n) is 2.27. The van der Waals surface area contributed by atoms with Gasteiger partial charge in [0.15, 0.2) is 5.78 Å². The standard InChI is InChI=1S/C13H7Cl2FO/c14-11-5-4-9(7-12(11)15)13(17)8-2-1-3-10(16)6-8/h1-7H. The van der Waals surface area contributed by atoms with Gasteiger partial charge in [-0.3, -0.25) is 4.79 Å². The predicted octanol–water partition coefficient (Wildman–Crippen LogP) is 4.36. The van der Waals surface area contributed by atoms with Crippen LogP contribution in [0.3, 0.4) is 0 Å². The van der Waals surface area contributed by atoms with Crippen molar-refractivity contribution in [3.8, 4) is 0 Å². The molecule has 0 bridgehead atoms. The van der Waals surface area contributed by atoms with E-state index in [1.54, 1.807) is 12.1 Å². The SMILES string of the molecule is O=C(c1cccc(F)c1)c1ccc(Cl)c(Cl)c1. The van der Waals surface area contributed by atoms with E-state index < -0.39 is 5.82 Å². The zero-order valence-electron chi connectivity index (χ0n) is 8.58. The number of benzene rings is 2. The lowest BCUT2D eigenvalue weighted by atomic mass is 10.0. The normalized spacial score (nSPS) is 10.3. The van der Waals surface area contributed by atoms with Gasteiger partial charge in [0.1, 0.15) is 5.82 Å². The molecule has 86 valence electrons. The summed E-state index contributed by atoms with van der Waals surface area (Å²) >= 11 is 11.6. The van der Waals surface area contributed by atoms with Crippen molar-refractivity contribution < 1.29 is 9.18 Å². The highest BCUT2D eigenvalue weighted by Gasteiger charge is 2.11. The van der Waals surface area contributed by atoms with Crippen molar-refractivity contribution in [1.82, 2.24) is 0 Å². The first-order valence-electron chi connectivity index (χ1n) is 4.83. The van der Waals surface area contributed by atoms with Gasteiger partial charge in [-0.05, 0) is 30.3 Å². The van der Waals surface area contributed by atoms with Gasteiger partial charge < -0.3 is 0 Å². The molecule has 1 nitrogen and oxygen atoms in total. The Morgan fingerprint density at radius 2 is 1.65 bits per heavy atom. The second-order valence-electron chi connectivity index (χ2n) is 3.47. The van der Waals surface area contributed by atoms with Crippen LogP contribution in [0.15, 0.2) is 42.5 Å². The highest BCUT2D eigenvalue weighted by atomic mass is 35.5. The lowest BCUT2D eigenvalue weighted by molar-refractivity contribution is 0.103. The molecular weight excluding hydrogens is 262 g/mol. The molecule has 0 radical (unpaired) electrons. The minimum Gasteiger partial charge on any atom is -0.289 e. The Labute approximate surface area is 108 Å². The molecule has 0 N–H and O–H groups in total. The Morgan fingerprint density at radius 1 is 0.941 bits per heavy atom. The molecule has 2 rings (SSSR count). The first-order valence-corrected chi connectivity index (χ1v) is 5.59. The van der Waals surface area contributed by atoms with E-state index in [4.69, 9.17) is 23.2 Å². The number of rotatable bonds is 2. The quantitative estimate of drug-likeness (QED) is 0.740. The van der Waals surface area contributed by atoms with E-state index in [1.165, 1.54) is 30.3 Å². The Balaban J connectivity index is 2.40. The third kappa shape index (κ3) is 2.65. The molecule has 0 fully saturated rings. The molecule has 0 unspecified atom stereocenters. The molecule has 0 aromatic heterocycles. The first-order chi connectivity index (χ1) is 8.08. The predicted molar refractivity (Wildman–Crippen MR) is 66.3 cm³/mol. The van der Waals surface area contributed by atoms with Gasteiger partial charge in [0.2, 0.25) is 0 Å². The summed E-state index contributed by atoms with van der Waals surface area (Å²) in [5.41, 5.74) is 0.661. The summed E-state index contributed by atoms with van der Waals surface area (Å²) < 4.78 is 13.0. The summed E-state index contributed by atoms with van der Waals surface area (Å²) in [7, 11) is 0. The van der Waals surface area contributed by atoms with Gasteiger partial charge in [-0.1, -0.05) is 35.3 Å². The number of carbonyl (C=O) groups is 1. The lowest BCUT2D eigenvalue weighted by Gasteiger charge is -2.03. The third-order valence-corrected chi connectivity index (χ3v) is 3.01. The Kier molecular flexibility index (Phi) is 3.46. The van der Waals surface area contributed by atoms with Gasteiger partial charge >= 0.3 is 0 Å². The first kappa shape index (κ1) is 12.1. The molecule has 2 aromatic rings. The number of hydrogen-bond donors (Lipinski definition) is 0. The van der Waals surface area contributed by atoms with E-state index >= 15 is 0 Å². The average molecular weight is 269 g/mol. The van der Waals surface area contributed by atoms with E-state index in [2.05, 4.69) is 0 Å².